The second kappa shape index (κ2) is 6.79. The van der Waals surface area contributed by atoms with Crippen LogP contribution in [-0.4, -0.2) is 47.0 Å². The number of hydrogen-bond donors (Lipinski definition) is 0. The van der Waals surface area contributed by atoms with Gasteiger partial charge in [-0.1, -0.05) is 35.5 Å². The van der Waals surface area contributed by atoms with Crippen LogP contribution >= 0.6 is 0 Å². The van der Waals surface area contributed by atoms with E-state index in [9.17, 15) is 4.79 Å². The van der Waals surface area contributed by atoms with Gasteiger partial charge in [0, 0.05) is 38.2 Å². The molecule has 0 radical (unpaired) electrons. The minimum Gasteiger partial charge on any atom is -0.360 e. The summed E-state index contributed by atoms with van der Waals surface area (Å²) in [5.41, 5.74) is 2.26. The molecule has 2 aromatic rings. The Hall–Kier alpha value is -2.14. The first-order chi connectivity index (χ1) is 13.2. The van der Waals surface area contributed by atoms with Crippen molar-refractivity contribution >= 4 is 5.91 Å². The zero-order chi connectivity index (χ0) is 18.3. The molecule has 0 bridgehead atoms. The summed E-state index contributed by atoms with van der Waals surface area (Å²) in [6.45, 7) is 5.03. The SMILES string of the molecule is O=C(c1cc(C2CC2)on1)N1CCC2(CCN(Cc3ccccc3)C2)CC1. The molecule has 5 heteroatoms. The molecule has 1 aromatic carbocycles. The van der Waals surface area contributed by atoms with E-state index in [1.165, 1.54) is 12.0 Å². The van der Waals surface area contributed by atoms with Crippen molar-refractivity contribution < 1.29 is 9.32 Å². The van der Waals surface area contributed by atoms with Crippen LogP contribution in [0.2, 0.25) is 0 Å². The Morgan fingerprint density at radius 3 is 2.59 bits per heavy atom. The summed E-state index contributed by atoms with van der Waals surface area (Å²) < 4.78 is 5.36. The van der Waals surface area contributed by atoms with Crippen LogP contribution in [0.4, 0.5) is 0 Å². The van der Waals surface area contributed by atoms with Crippen LogP contribution < -0.4 is 0 Å². The number of carbonyl (C=O) groups is 1. The fourth-order valence-corrected chi connectivity index (χ4v) is 4.71. The van der Waals surface area contributed by atoms with Crippen LogP contribution in [0.3, 0.4) is 0 Å². The second-order valence-electron chi connectivity index (χ2n) is 8.63. The van der Waals surface area contributed by atoms with E-state index in [4.69, 9.17) is 4.52 Å². The van der Waals surface area contributed by atoms with E-state index in [-0.39, 0.29) is 5.91 Å². The van der Waals surface area contributed by atoms with Crippen molar-refractivity contribution in [2.24, 2.45) is 5.41 Å². The lowest BCUT2D eigenvalue weighted by molar-refractivity contribution is 0.0578. The van der Waals surface area contributed by atoms with Gasteiger partial charge in [-0.05, 0) is 49.6 Å². The molecule has 27 heavy (non-hydrogen) atoms. The van der Waals surface area contributed by atoms with Crippen LogP contribution in [0.5, 0.6) is 0 Å². The van der Waals surface area contributed by atoms with Crippen LogP contribution in [0.1, 0.15) is 59.8 Å². The second-order valence-corrected chi connectivity index (χ2v) is 8.63. The Bertz CT molecular complexity index is 804. The van der Waals surface area contributed by atoms with Crippen molar-refractivity contribution in [3.63, 3.8) is 0 Å². The first-order valence-corrected chi connectivity index (χ1v) is 10.2. The maximum absolute atomic E-state index is 12.8. The third-order valence-corrected chi connectivity index (χ3v) is 6.60. The number of amides is 1. The summed E-state index contributed by atoms with van der Waals surface area (Å²) in [5, 5.41) is 4.03. The van der Waals surface area contributed by atoms with Crippen molar-refractivity contribution in [1.29, 1.82) is 0 Å². The van der Waals surface area contributed by atoms with Crippen LogP contribution in [-0.2, 0) is 6.54 Å². The standard InChI is InChI=1S/C22H27N3O2/c26-21(19-14-20(27-23-19)18-6-7-18)25-12-9-22(10-13-25)8-11-24(16-22)15-17-4-2-1-3-5-17/h1-5,14,18H,6-13,15-16H2. The molecule has 5 nitrogen and oxygen atoms in total. The first kappa shape index (κ1) is 17.0. The van der Waals surface area contributed by atoms with Gasteiger partial charge in [-0.15, -0.1) is 0 Å². The number of aromatic nitrogens is 1. The molecule has 0 unspecified atom stereocenters. The van der Waals surface area contributed by atoms with Crippen molar-refractivity contribution in [3.05, 3.63) is 53.4 Å². The predicted octanol–water partition coefficient (Wildman–Crippen LogP) is 3.68. The van der Waals surface area contributed by atoms with E-state index in [0.717, 1.165) is 64.2 Å². The highest BCUT2D eigenvalue weighted by molar-refractivity contribution is 5.92. The molecular weight excluding hydrogens is 338 g/mol. The smallest absolute Gasteiger partial charge is 0.276 e. The van der Waals surface area contributed by atoms with Gasteiger partial charge >= 0.3 is 0 Å². The molecule has 2 saturated heterocycles. The lowest BCUT2D eigenvalue weighted by atomic mass is 9.77. The Labute approximate surface area is 160 Å². The fourth-order valence-electron chi connectivity index (χ4n) is 4.71. The van der Waals surface area contributed by atoms with Crippen molar-refractivity contribution in [3.8, 4) is 0 Å². The lowest BCUT2D eigenvalue weighted by Gasteiger charge is -2.39. The number of rotatable bonds is 4. The molecule has 2 aliphatic heterocycles. The van der Waals surface area contributed by atoms with E-state index in [0.29, 0.717) is 17.0 Å². The molecular formula is C22H27N3O2. The van der Waals surface area contributed by atoms with Gasteiger partial charge in [0.1, 0.15) is 5.76 Å². The maximum Gasteiger partial charge on any atom is 0.276 e. The number of carbonyl (C=O) groups excluding carboxylic acids is 1. The van der Waals surface area contributed by atoms with Crippen molar-refractivity contribution in [1.82, 2.24) is 15.0 Å². The van der Waals surface area contributed by atoms with Gasteiger partial charge < -0.3 is 9.42 Å². The van der Waals surface area contributed by atoms with Gasteiger partial charge in [-0.2, -0.15) is 0 Å². The molecule has 3 aliphatic rings. The zero-order valence-electron chi connectivity index (χ0n) is 15.8. The largest absolute Gasteiger partial charge is 0.360 e. The predicted molar refractivity (Wildman–Crippen MR) is 102 cm³/mol. The van der Waals surface area contributed by atoms with Gasteiger partial charge in [0.15, 0.2) is 5.69 Å². The van der Waals surface area contributed by atoms with Crippen LogP contribution in [0.15, 0.2) is 40.9 Å². The van der Waals surface area contributed by atoms with Crippen LogP contribution in [0, 0.1) is 5.41 Å². The molecule has 1 amide bonds. The van der Waals surface area contributed by atoms with E-state index in [1.54, 1.807) is 0 Å². The van der Waals surface area contributed by atoms with E-state index in [2.05, 4.69) is 40.4 Å². The number of nitrogens with zero attached hydrogens (tertiary/aromatic N) is 3. The zero-order valence-corrected chi connectivity index (χ0v) is 15.8. The highest BCUT2D eigenvalue weighted by Crippen LogP contribution is 2.42. The van der Waals surface area contributed by atoms with E-state index in [1.807, 2.05) is 11.0 Å². The number of benzene rings is 1. The lowest BCUT2D eigenvalue weighted by Crippen LogP contribution is -2.44. The average Bonchev–Trinajstić information content (AvgIpc) is 3.31. The summed E-state index contributed by atoms with van der Waals surface area (Å²) >= 11 is 0. The molecule has 3 heterocycles. The Balaban J connectivity index is 1.17. The molecule has 1 aromatic heterocycles. The Kier molecular flexibility index (Phi) is 4.27. The highest BCUT2D eigenvalue weighted by Gasteiger charge is 2.41. The van der Waals surface area contributed by atoms with Crippen molar-refractivity contribution in [2.75, 3.05) is 26.2 Å². The summed E-state index contributed by atoms with van der Waals surface area (Å²) in [4.78, 5) is 17.3. The third-order valence-electron chi connectivity index (χ3n) is 6.60. The Morgan fingerprint density at radius 2 is 1.85 bits per heavy atom. The van der Waals surface area contributed by atoms with Gasteiger partial charge in [0.25, 0.3) is 5.91 Å². The van der Waals surface area contributed by atoms with Gasteiger partial charge in [-0.25, -0.2) is 0 Å². The minimum atomic E-state index is 0.0413. The fraction of sp³-hybridized carbons (Fsp3) is 0.545. The summed E-state index contributed by atoms with van der Waals surface area (Å²) in [7, 11) is 0. The summed E-state index contributed by atoms with van der Waals surface area (Å²) in [6, 6.07) is 12.6. The molecule has 0 N–H and O–H groups in total. The molecule has 5 rings (SSSR count). The van der Waals surface area contributed by atoms with Crippen molar-refractivity contribution in [2.45, 2.75) is 44.6 Å². The molecule has 1 aliphatic carbocycles. The maximum atomic E-state index is 12.8. The van der Waals surface area contributed by atoms with Crippen LogP contribution in [0.25, 0.3) is 0 Å². The first-order valence-electron chi connectivity index (χ1n) is 10.2. The molecule has 1 saturated carbocycles. The summed E-state index contributed by atoms with van der Waals surface area (Å²) in [5.74, 6) is 1.43. The number of hydrogen-bond acceptors (Lipinski definition) is 4. The minimum absolute atomic E-state index is 0.0413. The topological polar surface area (TPSA) is 49.6 Å². The summed E-state index contributed by atoms with van der Waals surface area (Å²) in [6.07, 6.45) is 5.76. The quantitative estimate of drug-likeness (QED) is 0.829. The van der Waals surface area contributed by atoms with Gasteiger partial charge in [-0.3, -0.25) is 9.69 Å². The van der Waals surface area contributed by atoms with E-state index >= 15 is 0 Å². The average molecular weight is 365 g/mol. The molecule has 0 atom stereocenters. The third kappa shape index (κ3) is 3.53. The molecule has 1 spiro atoms. The number of likely N-dealkylation sites (tertiary alicyclic amines) is 2. The number of piperidine rings is 1. The normalized spacial score (nSPS) is 22.4. The van der Waals surface area contributed by atoms with E-state index < -0.39 is 0 Å². The molecule has 142 valence electrons. The van der Waals surface area contributed by atoms with Gasteiger partial charge in [0.05, 0.1) is 0 Å². The monoisotopic (exact) mass is 365 g/mol. The molecule has 3 fully saturated rings. The Morgan fingerprint density at radius 1 is 1.11 bits per heavy atom. The highest BCUT2D eigenvalue weighted by atomic mass is 16.5. The van der Waals surface area contributed by atoms with Gasteiger partial charge in [0.2, 0.25) is 0 Å².